The first-order chi connectivity index (χ1) is 10.5. The molecule has 0 amide bonds. The third-order valence-electron chi connectivity index (χ3n) is 4.07. The monoisotopic (exact) mass is 328 g/mol. The van der Waals surface area contributed by atoms with Crippen LogP contribution in [0.1, 0.15) is 32.0 Å². The summed E-state index contributed by atoms with van der Waals surface area (Å²) >= 11 is 6.46. The van der Waals surface area contributed by atoms with Crippen LogP contribution in [0, 0.1) is 12.8 Å². The topological polar surface area (TPSA) is 42.3 Å². The van der Waals surface area contributed by atoms with E-state index in [-0.39, 0.29) is 6.10 Å². The van der Waals surface area contributed by atoms with Gasteiger partial charge in [-0.2, -0.15) is 5.10 Å². The lowest BCUT2D eigenvalue weighted by Gasteiger charge is -2.32. The number of likely N-dealkylation sites (N-methyl/N-ethyl adjacent to an activating group) is 1. The van der Waals surface area contributed by atoms with Crippen LogP contribution in [0.4, 0.5) is 0 Å². The Morgan fingerprint density at radius 1 is 1.45 bits per heavy atom. The maximum atomic E-state index is 6.46. The Labute approximate surface area is 139 Å². The highest BCUT2D eigenvalue weighted by molar-refractivity contribution is 6.30. The van der Waals surface area contributed by atoms with Crippen LogP contribution >= 0.6 is 11.6 Å². The summed E-state index contributed by atoms with van der Waals surface area (Å²) in [7, 11) is 0. The lowest BCUT2D eigenvalue weighted by molar-refractivity contribution is -0.0253. The van der Waals surface area contributed by atoms with Crippen molar-refractivity contribution in [1.82, 2.24) is 20.0 Å². The van der Waals surface area contributed by atoms with Crippen LogP contribution in [0.2, 0.25) is 5.15 Å². The van der Waals surface area contributed by atoms with Gasteiger partial charge in [-0.15, -0.1) is 0 Å². The van der Waals surface area contributed by atoms with Gasteiger partial charge < -0.3 is 10.1 Å². The molecule has 2 heterocycles. The molecule has 1 aliphatic heterocycles. The largest absolute Gasteiger partial charge is 0.374 e. The van der Waals surface area contributed by atoms with Crippen LogP contribution in [0.3, 0.4) is 0 Å². The number of aromatic nitrogens is 2. The maximum Gasteiger partial charge on any atom is 0.131 e. The number of hydrogen-bond acceptors (Lipinski definition) is 4. The number of morpholine rings is 1. The molecule has 0 saturated carbocycles. The second kappa shape index (κ2) is 8.29. The van der Waals surface area contributed by atoms with E-state index in [2.05, 4.69) is 36.1 Å². The summed E-state index contributed by atoms with van der Waals surface area (Å²) < 4.78 is 7.72. The van der Waals surface area contributed by atoms with Crippen molar-refractivity contribution in [3.05, 3.63) is 16.4 Å². The molecule has 1 aromatic rings. The van der Waals surface area contributed by atoms with Crippen LogP contribution in [-0.4, -0.2) is 53.6 Å². The molecule has 22 heavy (non-hydrogen) atoms. The zero-order valence-electron chi connectivity index (χ0n) is 14.2. The van der Waals surface area contributed by atoms with Crippen LogP contribution in [-0.2, 0) is 17.8 Å². The number of nitrogens with zero attached hydrogens (tertiary/aromatic N) is 3. The number of ether oxygens (including phenoxy) is 1. The summed E-state index contributed by atoms with van der Waals surface area (Å²) in [5.41, 5.74) is 2.11. The molecule has 126 valence electrons. The first-order valence-electron chi connectivity index (χ1n) is 8.27. The minimum Gasteiger partial charge on any atom is -0.374 e. The molecular formula is C16H29ClN4O. The highest BCUT2D eigenvalue weighted by Crippen LogP contribution is 2.20. The predicted octanol–water partition coefficient (Wildman–Crippen LogP) is 2.31. The number of rotatable bonds is 7. The van der Waals surface area contributed by atoms with Crippen LogP contribution < -0.4 is 5.32 Å². The van der Waals surface area contributed by atoms with Gasteiger partial charge in [0.2, 0.25) is 0 Å². The van der Waals surface area contributed by atoms with Gasteiger partial charge in [0.15, 0.2) is 0 Å². The molecule has 0 aliphatic carbocycles. The van der Waals surface area contributed by atoms with E-state index >= 15 is 0 Å². The molecule has 0 aromatic carbocycles. The van der Waals surface area contributed by atoms with Crippen molar-refractivity contribution in [2.24, 2.45) is 5.92 Å². The Bertz CT molecular complexity index is 475. The van der Waals surface area contributed by atoms with Crippen LogP contribution in [0.5, 0.6) is 0 Å². The van der Waals surface area contributed by atoms with Crippen molar-refractivity contribution in [3.63, 3.8) is 0 Å². The van der Waals surface area contributed by atoms with Crippen molar-refractivity contribution in [2.75, 3.05) is 32.8 Å². The highest BCUT2D eigenvalue weighted by Gasteiger charge is 2.19. The van der Waals surface area contributed by atoms with E-state index in [0.717, 1.165) is 62.3 Å². The molecule has 0 unspecified atom stereocenters. The standard InChI is InChI=1S/C16H29ClN4O/c1-5-20-6-7-22-14(11-20)8-18-9-15-13(4)19-21(16(15)17)10-12(2)3/h12,14,18H,5-11H2,1-4H3/t14-/m1/s1. The second-order valence-corrected chi connectivity index (χ2v) is 6.81. The van der Waals surface area contributed by atoms with Gasteiger partial charge in [0.05, 0.1) is 18.4 Å². The average Bonchev–Trinajstić information content (AvgIpc) is 2.74. The van der Waals surface area contributed by atoms with Gasteiger partial charge in [0, 0.05) is 38.3 Å². The van der Waals surface area contributed by atoms with E-state index in [1.807, 2.05) is 11.6 Å². The lowest BCUT2D eigenvalue weighted by Crippen LogP contribution is -2.46. The van der Waals surface area contributed by atoms with E-state index in [4.69, 9.17) is 16.3 Å². The molecule has 5 nitrogen and oxygen atoms in total. The normalized spacial score (nSPS) is 20.0. The molecule has 1 fully saturated rings. The zero-order valence-corrected chi connectivity index (χ0v) is 15.0. The molecular weight excluding hydrogens is 300 g/mol. The highest BCUT2D eigenvalue weighted by atomic mass is 35.5. The van der Waals surface area contributed by atoms with Crippen molar-refractivity contribution >= 4 is 11.6 Å². The number of halogens is 1. The predicted molar refractivity (Wildman–Crippen MR) is 90.4 cm³/mol. The van der Waals surface area contributed by atoms with Gasteiger partial charge in [0.25, 0.3) is 0 Å². The van der Waals surface area contributed by atoms with Gasteiger partial charge in [-0.25, -0.2) is 0 Å². The molecule has 1 aliphatic rings. The minimum atomic E-state index is 0.262. The van der Waals surface area contributed by atoms with E-state index < -0.39 is 0 Å². The molecule has 1 aromatic heterocycles. The van der Waals surface area contributed by atoms with Gasteiger partial charge in [-0.05, 0) is 19.4 Å². The zero-order chi connectivity index (χ0) is 16.1. The molecule has 0 radical (unpaired) electrons. The fraction of sp³-hybridized carbons (Fsp3) is 0.812. The molecule has 0 spiro atoms. The minimum absolute atomic E-state index is 0.262. The summed E-state index contributed by atoms with van der Waals surface area (Å²) in [5, 5.41) is 8.78. The molecule has 1 atom stereocenters. The number of nitrogens with one attached hydrogen (secondary N) is 1. The van der Waals surface area contributed by atoms with Crippen molar-refractivity contribution in [2.45, 2.75) is 46.9 Å². The van der Waals surface area contributed by atoms with Gasteiger partial charge in [-0.3, -0.25) is 9.58 Å². The van der Waals surface area contributed by atoms with Crippen molar-refractivity contribution in [1.29, 1.82) is 0 Å². The van der Waals surface area contributed by atoms with Crippen LogP contribution in [0.25, 0.3) is 0 Å². The molecule has 1 N–H and O–H groups in total. The summed E-state index contributed by atoms with van der Waals surface area (Å²) in [6.45, 7) is 15.0. The second-order valence-electron chi connectivity index (χ2n) is 6.45. The summed E-state index contributed by atoms with van der Waals surface area (Å²) in [6, 6.07) is 0. The summed E-state index contributed by atoms with van der Waals surface area (Å²) in [5.74, 6) is 0.535. The first-order valence-corrected chi connectivity index (χ1v) is 8.65. The molecule has 2 rings (SSSR count). The van der Waals surface area contributed by atoms with E-state index in [9.17, 15) is 0 Å². The Hall–Kier alpha value is -0.620. The van der Waals surface area contributed by atoms with Gasteiger partial charge >= 0.3 is 0 Å². The Morgan fingerprint density at radius 3 is 2.91 bits per heavy atom. The quantitative estimate of drug-likeness (QED) is 0.834. The Kier molecular flexibility index (Phi) is 6.68. The fourth-order valence-electron chi connectivity index (χ4n) is 2.81. The molecule has 0 bridgehead atoms. The smallest absolute Gasteiger partial charge is 0.131 e. The number of hydrogen-bond donors (Lipinski definition) is 1. The van der Waals surface area contributed by atoms with E-state index in [1.165, 1.54) is 0 Å². The van der Waals surface area contributed by atoms with Crippen molar-refractivity contribution < 1.29 is 4.74 Å². The average molecular weight is 329 g/mol. The SMILES string of the molecule is CCN1CCO[C@H](CNCc2c(C)nn(CC(C)C)c2Cl)C1. The van der Waals surface area contributed by atoms with E-state index in [0.29, 0.717) is 5.92 Å². The maximum absolute atomic E-state index is 6.46. The molecule has 1 saturated heterocycles. The van der Waals surface area contributed by atoms with E-state index in [1.54, 1.807) is 0 Å². The molecule has 6 heteroatoms. The third kappa shape index (κ3) is 4.69. The van der Waals surface area contributed by atoms with Crippen LogP contribution in [0.15, 0.2) is 0 Å². The van der Waals surface area contributed by atoms with Crippen molar-refractivity contribution in [3.8, 4) is 0 Å². The number of aryl methyl sites for hydroxylation is 1. The Morgan fingerprint density at radius 2 is 2.23 bits per heavy atom. The summed E-state index contributed by atoms with van der Waals surface area (Å²) in [6.07, 6.45) is 0.262. The van der Waals surface area contributed by atoms with Gasteiger partial charge in [0.1, 0.15) is 5.15 Å². The fourth-order valence-corrected chi connectivity index (χ4v) is 3.12. The summed E-state index contributed by atoms with van der Waals surface area (Å²) in [4.78, 5) is 2.43. The lowest BCUT2D eigenvalue weighted by atomic mass is 10.2. The third-order valence-corrected chi connectivity index (χ3v) is 4.49. The first kappa shape index (κ1) is 17.7. The Balaban J connectivity index is 1.85. The van der Waals surface area contributed by atoms with Gasteiger partial charge in [-0.1, -0.05) is 32.4 Å².